The highest BCUT2D eigenvalue weighted by Crippen LogP contribution is 2.21. The predicted molar refractivity (Wildman–Crippen MR) is 69.8 cm³/mol. The second-order valence-corrected chi connectivity index (χ2v) is 4.66. The lowest BCUT2D eigenvalue weighted by Gasteiger charge is -2.16. The van der Waals surface area contributed by atoms with Crippen molar-refractivity contribution in [3.63, 3.8) is 0 Å². The monoisotopic (exact) mass is 275 g/mol. The molecule has 0 saturated carbocycles. The Bertz CT molecular complexity index is 550. The molecule has 0 N–H and O–H groups in total. The number of nitrogens with zero attached hydrogens (tertiary/aromatic N) is 5. The lowest BCUT2D eigenvalue weighted by molar-refractivity contribution is 0.251. The summed E-state index contributed by atoms with van der Waals surface area (Å²) >= 11 is 0. The molecule has 2 aromatic rings. The van der Waals surface area contributed by atoms with Crippen LogP contribution < -0.4 is 9.64 Å². The van der Waals surface area contributed by atoms with Gasteiger partial charge in [-0.15, -0.1) is 0 Å². The van der Waals surface area contributed by atoms with Crippen molar-refractivity contribution in [1.29, 1.82) is 0 Å². The van der Waals surface area contributed by atoms with Crippen molar-refractivity contribution >= 4 is 5.95 Å². The van der Waals surface area contributed by atoms with Gasteiger partial charge in [0.05, 0.1) is 25.2 Å². The fraction of sp³-hybridized carbons (Fsp3) is 0.385. The minimum Gasteiger partial charge on any atom is -0.476 e. The van der Waals surface area contributed by atoms with Gasteiger partial charge in [0.25, 0.3) is 0 Å². The number of anilines is 1. The van der Waals surface area contributed by atoms with Crippen molar-refractivity contribution in [3.05, 3.63) is 36.8 Å². The molecular weight excluding hydrogens is 261 g/mol. The molecule has 1 fully saturated rings. The molecule has 0 radical (unpaired) electrons. The van der Waals surface area contributed by atoms with Gasteiger partial charge in [-0.05, 0) is 6.42 Å². The molecule has 20 heavy (non-hydrogen) atoms. The van der Waals surface area contributed by atoms with Gasteiger partial charge in [0.1, 0.15) is 0 Å². The number of halogens is 1. The van der Waals surface area contributed by atoms with E-state index in [0.717, 1.165) is 19.5 Å². The maximum Gasteiger partial charge on any atom is 0.232 e. The molecular formula is C13H14FN5O. The van der Waals surface area contributed by atoms with E-state index in [4.69, 9.17) is 4.74 Å². The van der Waals surface area contributed by atoms with Crippen molar-refractivity contribution in [1.82, 2.24) is 19.9 Å². The Labute approximate surface area is 115 Å². The molecule has 104 valence electrons. The first kappa shape index (κ1) is 12.7. The van der Waals surface area contributed by atoms with Crippen LogP contribution in [0.1, 0.15) is 6.42 Å². The lowest BCUT2D eigenvalue weighted by atomic mass is 10.1. The molecule has 6 nitrogen and oxygen atoms in total. The fourth-order valence-electron chi connectivity index (χ4n) is 2.18. The normalized spacial score (nSPS) is 18.2. The molecule has 2 aromatic heterocycles. The summed E-state index contributed by atoms with van der Waals surface area (Å²) in [5, 5.41) is 0. The van der Waals surface area contributed by atoms with E-state index in [1.54, 1.807) is 18.6 Å². The summed E-state index contributed by atoms with van der Waals surface area (Å²) in [5.74, 6) is 1.05. The predicted octanol–water partition coefficient (Wildman–Crippen LogP) is 1.31. The minimum absolute atomic E-state index is 0.380. The van der Waals surface area contributed by atoms with Crippen LogP contribution >= 0.6 is 0 Å². The molecule has 3 rings (SSSR count). The number of aromatic nitrogens is 4. The van der Waals surface area contributed by atoms with Gasteiger partial charge in [-0.25, -0.2) is 19.3 Å². The quantitative estimate of drug-likeness (QED) is 0.838. The molecule has 0 aromatic carbocycles. The first-order chi connectivity index (χ1) is 9.81. The smallest absolute Gasteiger partial charge is 0.232 e. The Morgan fingerprint density at radius 1 is 1.20 bits per heavy atom. The van der Waals surface area contributed by atoms with Gasteiger partial charge in [0, 0.05) is 31.4 Å². The maximum absolute atomic E-state index is 12.8. The van der Waals surface area contributed by atoms with Crippen LogP contribution in [-0.2, 0) is 0 Å². The highest BCUT2D eigenvalue weighted by atomic mass is 19.1. The molecule has 0 aliphatic carbocycles. The molecule has 0 spiro atoms. The third-order valence-corrected chi connectivity index (χ3v) is 3.18. The van der Waals surface area contributed by atoms with Crippen LogP contribution in [0.25, 0.3) is 0 Å². The number of rotatable bonds is 4. The molecule has 1 aliphatic rings. The lowest BCUT2D eigenvalue weighted by Crippen LogP contribution is -2.23. The van der Waals surface area contributed by atoms with Crippen molar-refractivity contribution < 1.29 is 9.13 Å². The summed E-state index contributed by atoms with van der Waals surface area (Å²) in [7, 11) is 0. The van der Waals surface area contributed by atoms with Gasteiger partial charge >= 0.3 is 0 Å². The van der Waals surface area contributed by atoms with Crippen LogP contribution in [0.2, 0.25) is 0 Å². The Kier molecular flexibility index (Phi) is 3.67. The van der Waals surface area contributed by atoms with Crippen LogP contribution in [0, 0.1) is 11.7 Å². The zero-order valence-corrected chi connectivity index (χ0v) is 10.8. The van der Waals surface area contributed by atoms with Gasteiger partial charge in [-0.3, -0.25) is 4.98 Å². The van der Waals surface area contributed by atoms with Gasteiger partial charge in [-0.2, -0.15) is 0 Å². The van der Waals surface area contributed by atoms with E-state index in [1.165, 1.54) is 12.4 Å². The summed E-state index contributed by atoms with van der Waals surface area (Å²) in [4.78, 5) is 18.0. The zero-order chi connectivity index (χ0) is 13.8. The number of hydrogen-bond donors (Lipinski definition) is 0. The summed E-state index contributed by atoms with van der Waals surface area (Å²) < 4.78 is 18.4. The van der Waals surface area contributed by atoms with Gasteiger partial charge in [0.15, 0.2) is 5.82 Å². The Morgan fingerprint density at radius 3 is 2.80 bits per heavy atom. The van der Waals surface area contributed by atoms with Crippen molar-refractivity contribution in [2.45, 2.75) is 6.42 Å². The second kappa shape index (κ2) is 5.77. The van der Waals surface area contributed by atoms with Gasteiger partial charge in [-0.1, -0.05) is 0 Å². The first-order valence-corrected chi connectivity index (χ1v) is 6.42. The third kappa shape index (κ3) is 2.98. The average Bonchev–Trinajstić information content (AvgIpc) is 2.96. The third-order valence-electron chi connectivity index (χ3n) is 3.18. The first-order valence-electron chi connectivity index (χ1n) is 6.42. The summed E-state index contributed by atoms with van der Waals surface area (Å²) in [6.07, 6.45) is 8.16. The highest BCUT2D eigenvalue weighted by molar-refractivity contribution is 5.30. The molecule has 3 heterocycles. The Hall–Kier alpha value is -2.31. The largest absolute Gasteiger partial charge is 0.476 e. The van der Waals surface area contributed by atoms with Gasteiger partial charge in [0.2, 0.25) is 11.8 Å². The molecule has 0 bridgehead atoms. The van der Waals surface area contributed by atoms with Crippen LogP contribution in [0.4, 0.5) is 10.3 Å². The second-order valence-electron chi connectivity index (χ2n) is 4.66. The SMILES string of the molecule is Fc1cnc(N2CCC(COc3cnccn3)C2)nc1. The van der Waals surface area contributed by atoms with Crippen molar-refractivity contribution in [2.75, 3.05) is 24.6 Å². The summed E-state index contributed by atoms with van der Waals surface area (Å²) in [5.41, 5.74) is 0. The van der Waals surface area contributed by atoms with Crippen LogP contribution in [-0.4, -0.2) is 39.6 Å². The van der Waals surface area contributed by atoms with E-state index in [2.05, 4.69) is 19.9 Å². The van der Waals surface area contributed by atoms with E-state index < -0.39 is 5.82 Å². The average molecular weight is 275 g/mol. The molecule has 1 aliphatic heterocycles. The Morgan fingerprint density at radius 2 is 2.05 bits per heavy atom. The van der Waals surface area contributed by atoms with E-state index >= 15 is 0 Å². The number of ether oxygens (including phenoxy) is 1. The fourth-order valence-corrected chi connectivity index (χ4v) is 2.18. The molecule has 1 atom stereocenters. The maximum atomic E-state index is 12.8. The van der Waals surface area contributed by atoms with Gasteiger partial charge < -0.3 is 9.64 Å². The molecule has 0 amide bonds. The summed E-state index contributed by atoms with van der Waals surface area (Å²) in [6, 6.07) is 0. The standard InChI is InChI=1S/C13H14FN5O/c14-11-5-17-13(18-6-11)19-4-1-10(8-19)9-20-12-7-15-2-3-16-12/h2-3,5-7,10H,1,4,8-9H2. The van der Waals surface area contributed by atoms with E-state index in [-0.39, 0.29) is 0 Å². The van der Waals surface area contributed by atoms with Crippen LogP contribution in [0.5, 0.6) is 5.88 Å². The van der Waals surface area contributed by atoms with E-state index in [9.17, 15) is 4.39 Å². The molecule has 7 heteroatoms. The Balaban J connectivity index is 1.53. The van der Waals surface area contributed by atoms with Crippen LogP contribution in [0.3, 0.4) is 0 Å². The molecule has 1 unspecified atom stereocenters. The van der Waals surface area contributed by atoms with Crippen molar-refractivity contribution in [2.24, 2.45) is 5.92 Å². The van der Waals surface area contributed by atoms with Crippen molar-refractivity contribution in [3.8, 4) is 5.88 Å². The van der Waals surface area contributed by atoms with E-state index in [1.807, 2.05) is 4.90 Å². The topological polar surface area (TPSA) is 64.0 Å². The zero-order valence-electron chi connectivity index (χ0n) is 10.8. The van der Waals surface area contributed by atoms with E-state index in [0.29, 0.717) is 24.4 Å². The minimum atomic E-state index is -0.421. The van der Waals surface area contributed by atoms with Crippen LogP contribution in [0.15, 0.2) is 31.0 Å². The highest BCUT2D eigenvalue weighted by Gasteiger charge is 2.25. The summed E-state index contributed by atoms with van der Waals surface area (Å²) in [6.45, 7) is 2.22. The number of hydrogen-bond acceptors (Lipinski definition) is 6. The molecule has 1 saturated heterocycles.